The van der Waals surface area contributed by atoms with Crippen molar-refractivity contribution >= 4 is 35.8 Å². The molecular weight excluding hydrogens is 455 g/mol. The zero-order valence-corrected chi connectivity index (χ0v) is 18.8. The molecule has 0 radical (unpaired) electrons. The van der Waals surface area contributed by atoms with Crippen molar-refractivity contribution in [3.05, 3.63) is 35.4 Å². The summed E-state index contributed by atoms with van der Waals surface area (Å²) in [6.45, 7) is 2.09. The normalized spacial score (nSPS) is 15.4. The first-order valence-corrected chi connectivity index (χ1v) is 9.60. The molecule has 152 valence electrons. The Kier molecular flexibility index (Phi) is 12.1. The van der Waals surface area contributed by atoms with Crippen LogP contribution in [0.4, 0.5) is 0 Å². The molecule has 27 heavy (non-hydrogen) atoms. The molecule has 1 aliphatic rings. The van der Waals surface area contributed by atoms with Crippen molar-refractivity contribution in [1.82, 2.24) is 16.0 Å². The number of carbonyl (C=O) groups is 1. The summed E-state index contributed by atoms with van der Waals surface area (Å²) in [6, 6.07) is 7.54. The Morgan fingerprint density at radius 2 is 1.78 bits per heavy atom. The van der Waals surface area contributed by atoms with Crippen molar-refractivity contribution in [1.29, 1.82) is 0 Å². The van der Waals surface area contributed by atoms with Crippen LogP contribution >= 0.6 is 24.0 Å². The molecule has 0 aromatic heterocycles. The van der Waals surface area contributed by atoms with E-state index in [2.05, 4.69) is 20.9 Å². The Balaban J connectivity index is 0.00000364. The summed E-state index contributed by atoms with van der Waals surface area (Å²) in [7, 11) is 3.39. The van der Waals surface area contributed by atoms with Gasteiger partial charge in [-0.15, -0.1) is 24.0 Å². The van der Waals surface area contributed by atoms with E-state index in [-0.39, 0.29) is 29.9 Å². The van der Waals surface area contributed by atoms with Crippen LogP contribution in [0.3, 0.4) is 0 Å². The van der Waals surface area contributed by atoms with E-state index < -0.39 is 0 Å². The number of hydrogen-bond acceptors (Lipinski definition) is 3. The van der Waals surface area contributed by atoms with Gasteiger partial charge in [-0.05, 0) is 30.5 Å². The van der Waals surface area contributed by atoms with E-state index in [4.69, 9.17) is 4.74 Å². The minimum Gasteiger partial charge on any atom is -0.376 e. The average molecular weight is 488 g/mol. The van der Waals surface area contributed by atoms with Gasteiger partial charge in [0, 0.05) is 32.7 Å². The molecule has 3 N–H and O–H groups in total. The molecule has 1 amide bonds. The number of nitrogens with zero attached hydrogens (tertiary/aromatic N) is 1. The molecule has 0 aliphatic heterocycles. The molecule has 1 aliphatic carbocycles. The fourth-order valence-electron chi connectivity index (χ4n) is 3.13. The Labute approximate surface area is 179 Å². The van der Waals surface area contributed by atoms with E-state index in [1.54, 1.807) is 14.1 Å². The summed E-state index contributed by atoms with van der Waals surface area (Å²) in [6.07, 6.45) is 8.09. The third kappa shape index (κ3) is 8.92. The van der Waals surface area contributed by atoms with Gasteiger partial charge in [0.25, 0.3) is 5.91 Å². The fourth-order valence-corrected chi connectivity index (χ4v) is 3.13. The lowest BCUT2D eigenvalue weighted by Crippen LogP contribution is -2.38. The molecule has 0 unspecified atom stereocenters. The molecule has 1 aromatic rings. The van der Waals surface area contributed by atoms with E-state index in [9.17, 15) is 4.79 Å². The van der Waals surface area contributed by atoms with Gasteiger partial charge in [0.15, 0.2) is 5.96 Å². The standard InChI is InChI=1S/C20H32N4O2.HI/c1-21-19(25)17-11-9-16(10-12-17)15-24-20(22-2)23-13-14-26-18-7-5-3-4-6-8-18;/h9-12,18H,3-8,13-15H2,1-2H3,(H,21,25)(H2,22,23,24);1H. The number of ether oxygens (including phenoxy) is 1. The molecule has 0 heterocycles. The predicted octanol–water partition coefficient (Wildman–Crippen LogP) is 3.07. The van der Waals surface area contributed by atoms with Gasteiger partial charge in [-0.2, -0.15) is 0 Å². The first-order valence-electron chi connectivity index (χ1n) is 9.60. The van der Waals surface area contributed by atoms with Crippen molar-refractivity contribution in [3.8, 4) is 0 Å². The van der Waals surface area contributed by atoms with Crippen molar-refractivity contribution in [2.45, 2.75) is 51.2 Å². The highest BCUT2D eigenvalue weighted by molar-refractivity contribution is 14.0. The van der Waals surface area contributed by atoms with Crippen LogP contribution in [0, 0.1) is 0 Å². The van der Waals surface area contributed by atoms with Gasteiger partial charge < -0.3 is 20.7 Å². The second-order valence-corrected chi connectivity index (χ2v) is 6.61. The van der Waals surface area contributed by atoms with Crippen LogP contribution in [0.1, 0.15) is 54.4 Å². The fraction of sp³-hybridized carbons (Fsp3) is 0.600. The van der Waals surface area contributed by atoms with Gasteiger partial charge in [-0.3, -0.25) is 9.79 Å². The molecule has 1 fully saturated rings. The largest absolute Gasteiger partial charge is 0.376 e. The molecule has 0 spiro atoms. The molecule has 1 saturated carbocycles. The van der Waals surface area contributed by atoms with Crippen LogP contribution in [-0.4, -0.2) is 45.2 Å². The van der Waals surface area contributed by atoms with Crippen molar-refractivity contribution in [2.75, 3.05) is 27.2 Å². The number of aliphatic imine (C=N–C) groups is 1. The van der Waals surface area contributed by atoms with Gasteiger partial charge in [-0.1, -0.05) is 37.8 Å². The lowest BCUT2D eigenvalue weighted by molar-refractivity contribution is 0.0468. The van der Waals surface area contributed by atoms with E-state index in [1.807, 2.05) is 24.3 Å². The summed E-state index contributed by atoms with van der Waals surface area (Å²) in [5.74, 6) is 0.681. The van der Waals surface area contributed by atoms with E-state index in [0.29, 0.717) is 24.8 Å². The minimum absolute atomic E-state index is 0. The highest BCUT2D eigenvalue weighted by atomic mass is 127. The molecular formula is C20H33IN4O2. The minimum atomic E-state index is -0.0735. The highest BCUT2D eigenvalue weighted by Crippen LogP contribution is 2.19. The zero-order chi connectivity index (χ0) is 18.6. The summed E-state index contributed by atoms with van der Waals surface area (Å²) < 4.78 is 5.98. The second-order valence-electron chi connectivity index (χ2n) is 6.61. The molecule has 0 atom stereocenters. The Bertz CT molecular complexity index is 570. The van der Waals surface area contributed by atoms with Crippen molar-refractivity contribution < 1.29 is 9.53 Å². The molecule has 2 rings (SSSR count). The number of amides is 1. The zero-order valence-electron chi connectivity index (χ0n) is 16.4. The monoisotopic (exact) mass is 488 g/mol. The van der Waals surface area contributed by atoms with E-state index in [1.165, 1.54) is 38.5 Å². The Hall–Kier alpha value is -1.35. The third-order valence-electron chi connectivity index (χ3n) is 4.68. The molecule has 6 nitrogen and oxygen atoms in total. The van der Waals surface area contributed by atoms with Crippen molar-refractivity contribution in [3.63, 3.8) is 0 Å². The topological polar surface area (TPSA) is 74.8 Å². The number of carbonyl (C=O) groups excluding carboxylic acids is 1. The second kappa shape index (κ2) is 13.8. The number of rotatable bonds is 7. The first kappa shape index (κ1) is 23.7. The van der Waals surface area contributed by atoms with Gasteiger partial charge in [0.05, 0.1) is 12.7 Å². The maximum Gasteiger partial charge on any atom is 0.251 e. The van der Waals surface area contributed by atoms with Crippen LogP contribution in [0.2, 0.25) is 0 Å². The van der Waals surface area contributed by atoms with Crippen LogP contribution < -0.4 is 16.0 Å². The smallest absolute Gasteiger partial charge is 0.251 e. The van der Waals surface area contributed by atoms with Crippen LogP contribution in [0.25, 0.3) is 0 Å². The number of halogens is 1. The number of nitrogens with one attached hydrogen (secondary N) is 3. The van der Waals surface area contributed by atoms with Crippen LogP contribution in [0.5, 0.6) is 0 Å². The first-order chi connectivity index (χ1) is 12.7. The number of hydrogen-bond donors (Lipinski definition) is 3. The van der Waals surface area contributed by atoms with Gasteiger partial charge in [-0.25, -0.2) is 0 Å². The Morgan fingerprint density at radius 3 is 2.37 bits per heavy atom. The van der Waals surface area contributed by atoms with E-state index in [0.717, 1.165) is 18.1 Å². The third-order valence-corrected chi connectivity index (χ3v) is 4.68. The molecule has 1 aromatic carbocycles. The summed E-state index contributed by atoms with van der Waals surface area (Å²) in [5.41, 5.74) is 1.75. The lowest BCUT2D eigenvalue weighted by atomic mass is 10.1. The van der Waals surface area contributed by atoms with Gasteiger partial charge in [0.2, 0.25) is 0 Å². The number of benzene rings is 1. The van der Waals surface area contributed by atoms with Gasteiger partial charge in [0.1, 0.15) is 0 Å². The van der Waals surface area contributed by atoms with Crippen molar-refractivity contribution in [2.24, 2.45) is 4.99 Å². The SMILES string of the molecule is CN=C(NCCOC1CCCCCC1)NCc1ccc(C(=O)NC)cc1.I. The highest BCUT2D eigenvalue weighted by Gasteiger charge is 2.12. The average Bonchev–Trinajstić information content (AvgIpc) is 2.96. The Morgan fingerprint density at radius 1 is 1.11 bits per heavy atom. The molecule has 0 bridgehead atoms. The van der Waals surface area contributed by atoms with Crippen LogP contribution in [0.15, 0.2) is 29.3 Å². The predicted molar refractivity (Wildman–Crippen MR) is 121 cm³/mol. The summed E-state index contributed by atoms with van der Waals surface area (Å²) in [5, 5.41) is 9.18. The maximum absolute atomic E-state index is 11.5. The van der Waals surface area contributed by atoms with E-state index >= 15 is 0 Å². The quantitative estimate of drug-likeness (QED) is 0.181. The maximum atomic E-state index is 11.5. The summed E-state index contributed by atoms with van der Waals surface area (Å²) in [4.78, 5) is 15.8. The molecule has 0 saturated heterocycles. The van der Waals surface area contributed by atoms with Gasteiger partial charge >= 0.3 is 0 Å². The molecule has 7 heteroatoms. The lowest BCUT2D eigenvalue weighted by Gasteiger charge is -2.17. The summed E-state index contributed by atoms with van der Waals surface area (Å²) >= 11 is 0. The van der Waals surface area contributed by atoms with Crippen LogP contribution in [-0.2, 0) is 11.3 Å². The number of guanidine groups is 1.